The van der Waals surface area contributed by atoms with E-state index in [1.54, 1.807) is 0 Å². The maximum atomic E-state index is 4.65. The van der Waals surface area contributed by atoms with E-state index in [-0.39, 0.29) is 0 Å². The van der Waals surface area contributed by atoms with Crippen molar-refractivity contribution < 1.29 is 0 Å². The van der Waals surface area contributed by atoms with Gasteiger partial charge >= 0.3 is 0 Å². The second kappa shape index (κ2) is 4.71. The van der Waals surface area contributed by atoms with Crippen LogP contribution in [0.25, 0.3) is 5.65 Å². The Morgan fingerprint density at radius 3 is 2.70 bits per heavy atom. The number of piperazine rings is 1. The molecule has 2 aromatic rings. The Labute approximate surface area is 118 Å². The minimum Gasteiger partial charge on any atom is -0.337 e. The van der Waals surface area contributed by atoms with Gasteiger partial charge < -0.3 is 10.2 Å². The molecule has 2 aromatic heterocycles. The number of aryl methyl sites for hydroxylation is 1. The number of hydrogen-bond donors (Lipinski definition) is 1. The van der Waals surface area contributed by atoms with Crippen molar-refractivity contribution in [2.75, 3.05) is 44.2 Å². The predicted molar refractivity (Wildman–Crippen MR) is 78.2 cm³/mol. The lowest BCUT2D eigenvalue weighted by atomic mass is 10.1. The van der Waals surface area contributed by atoms with E-state index in [1.807, 2.05) is 10.7 Å². The zero-order valence-electron chi connectivity index (χ0n) is 11.8. The Morgan fingerprint density at radius 1 is 1.20 bits per heavy atom. The van der Waals surface area contributed by atoms with Gasteiger partial charge in [0.2, 0.25) is 5.95 Å². The minimum absolute atomic E-state index is 0.744. The molecule has 2 saturated heterocycles. The number of nitrogens with zero attached hydrogens (tertiary/aromatic N) is 5. The van der Waals surface area contributed by atoms with Gasteiger partial charge in [-0.2, -0.15) is 4.98 Å². The summed E-state index contributed by atoms with van der Waals surface area (Å²) in [5, 5.41) is 7.92. The van der Waals surface area contributed by atoms with E-state index >= 15 is 0 Å². The lowest BCUT2D eigenvalue weighted by molar-refractivity contribution is 0.137. The first-order valence-corrected chi connectivity index (χ1v) is 7.32. The number of nitrogens with one attached hydrogen (secondary N) is 1. The first-order valence-electron chi connectivity index (χ1n) is 7.32. The van der Waals surface area contributed by atoms with Gasteiger partial charge in [0.25, 0.3) is 0 Å². The van der Waals surface area contributed by atoms with Crippen LogP contribution in [0.15, 0.2) is 18.3 Å². The highest BCUT2D eigenvalue weighted by Crippen LogP contribution is 2.16. The van der Waals surface area contributed by atoms with E-state index in [9.17, 15) is 0 Å². The van der Waals surface area contributed by atoms with E-state index in [2.05, 4.69) is 44.3 Å². The zero-order valence-corrected chi connectivity index (χ0v) is 11.8. The van der Waals surface area contributed by atoms with Crippen molar-refractivity contribution in [3.05, 3.63) is 23.9 Å². The highest BCUT2D eigenvalue weighted by Gasteiger charge is 2.28. The number of rotatable bonds is 2. The average Bonchev–Trinajstić information content (AvgIpc) is 2.80. The van der Waals surface area contributed by atoms with Crippen LogP contribution in [0, 0.1) is 6.92 Å². The molecule has 0 saturated carbocycles. The van der Waals surface area contributed by atoms with Gasteiger partial charge in [-0.25, -0.2) is 4.52 Å². The topological polar surface area (TPSA) is 48.7 Å². The highest BCUT2D eigenvalue weighted by atomic mass is 15.4. The third-order valence-corrected chi connectivity index (χ3v) is 4.36. The Hall–Kier alpha value is -1.66. The normalized spacial score (nSPS) is 21.4. The first kappa shape index (κ1) is 12.1. The molecule has 0 radical (unpaired) electrons. The predicted octanol–water partition coefficient (Wildman–Crippen LogP) is 0.132. The van der Waals surface area contributed by atoms with Crippen LogP contribution in [-0.2, 0) is 0 Å². The quantitative estimate of drug-likeness (QED) is 0.842. The molecule has 0 unspecified atom stereocenters. The van der Waals surface area contributed by atoms with Crippen LogP contribution >= 0.6 is 0 Å². The molecule has 2 fully saturated rings. The summed E-state index contributed by atoms with van der Waals surface area (Å²) in [6.07, 6.45) is 1.98. The molecule has 0 bridgehead atoms. The van der Waals surface area contributed by atoms with Crippen LogP contribution in [0.1, 0.15) is 5.56 Å². The smallest absolute Gasteiger partial charge is 0.245 e. The van der Waals surface area contributed by atoms with Gasteiger partial charge in [-0.15, -0.1) is 5.10 Å². The summed E-state index contributed by atoms with van der Waals surface area (Å²) in [6.45, 7) is 8.64. The third kappa shape index (κ3) is 2.05. The summed E-state index contributed by atoms with van der Waals surface area (Å²) in [7, 11) is 0. The van der Waals surface area contributed by atoms with E-state index in [4.69, 9.17) is 0 Å². The lowest BCUT2D eigenvalue weighted by Crippen LogP contribution is -2.61. The Morgan fingerprint density at radius 2 is 2.00 bits per heavy atom. The molecular weight excluding hydrogens is 252 g/mol. The van der Waals surface area contributed by atoms with E-state index in [0.717, 1.165) is 56.9 Å². The summed E-state index contributed by atoms with van der Waals surface area (Å²) in [5.41, 5.74) is 2.16. The zero-order chi connectivity index (χ0) is 13.5. The standard InChI is InChI=1S/C14H20N6/c1-11-2-3-20-13(8-11)16-14(17-20)19-6-4-18(5-7-19)12-9-15-10-12/h2-3,8,12,15H,4-7,9-10H2,1H3. The summed E-state index contributed by atoms with van der Waals surface area (Å²) < 4.78 is 1.87. The van der Waals surface area contributed by atoms with Crippen molar-refractivity contribution in [1.82, 2.24) is 24.8 Å². The third-order valence-electron chi connectivity index (χ3n) is 4.36. The molecule has 2 aliphatic rings. The SMILES string of the molecule is Cc1ccn2nc(N3CCN(C4CNC4)CC3)nc2c1. The number of hydrogen-bond acceptors (Lipinski definition) is 5. The fraction of sp³-hybridized carbons (Fsp3) is 0.571. The molecule has 4 rings (SSSR count). The van der Waals surface area contributed by atoms with Gasteiger partial charge in [0, 0.05) is 51.5 Å². The van der Waals surface area contributed by atoms with Gasteiger partial charge in [-0.1, -0.05) is 0 Å². The Balaban J connectivity index is 1.49. The first-order chi connectivity index (χ1) is 9.79. The van der Waals surface area contributed by atoms with E-state index in [0.29, 0.717) is 0 Å². The van der Waals surface area contributed by atoms with Gasteiger partial charge in [0.05, 0.1) is 0 Å². The van der Waals surface area contributed by atoms with Gasteiger partial charge in [-0.3, -0.25) is 4.90 Å². The molecule has 2 aliphatic heterocycles. The Bertz CT molecular complexity index is 609. The molecule has 0 aromatic carbocycles. The molecule has 0 spiro atoms. The summed E-state index contributed by atoms with van der Waals surface area (Å²) in [4.78, 5) is 9.52. The minimum atomic E-state index is 0.744. The van der Waals surface area contributed by atoms with E-state index < -0.39 is 0 Å². The summed E-state index contributed by atoms with van der Waals surface area (Å²) in [5.74, 6) is 0.863. The monoisotopic (exact) mass is 272 g/mol. The lowest BCUT2D eigenvalue weighted by Gasteiger charge is -2.43. The van der Waals surface area contributed by atoms with Crippen LogP contribution in [0.4, 0.5) is 5.95 Å². The van der Waals surface area contributed by atoms with Crippen molar-refractivity contribution in [1.29, 1.82) is 0 Å². The molecule has 0 amide bonds. The second-order valence-corrected chi connectivity index (χ2v) is 5.75. The highest BCUT2D eigenvalue weighted by molar-refractivity contribution is 5.46. The van der Waals surface area contributed by atoms with Crippen LogP contribution < -0.4 is 10.2 Å². The molecule has 6 nitrogen and oxygen atoms in total. The van der Waals surface area contributed by atoms with Crippen LogP contribution in [0.3, 0.4) is 0 Å². The van der Waals surface area contributed by atoms with Gasteiger partial charge in [0.1, 0.15) is 0 Å². The Kier molecular flexibility index (Phi) is 2.85. The molecule has 0 aliphatic carbocycles. The van der Waals surface area contributed by atoms with Crippen molar-refractivity contribution in [3.63, 3.8) is 0 Å². The largest absolute Gasteiger partial charge is 0.337 e. The second-order valence-electron chi connectivity index (χ2n) is 5.75. The molecular formula is C14H20N6. The molecule has 106 valence electrons. The van der Waals surface area contributed by atoms with Crippen molar-refractivity contribution >= 4 is 11.6 Å². The molecule has 20 heavy (non-hydrogen) atoms. The maximum absolute atomic E-state index is 4.65. The molecule has 6 heteroatoms. The summed E-state index contributed by atoms with van der Waals surface area (Å²) >= 11 is 0. The van der Waals surface area contributed by atoms with Gasteiger partial charge in [0.15, 0.2) is 5.65 Å². The number of anilines is 1. The van der Waals surface area contributed by atoms with Crippen LogP contribution in [0.2, 0.25) is 0 Å². The van der Waals surface area contributed by atoms with Crippen molar-refractivity contribution in [3.8, 4) is 0 Å². The van der Waals surface area contributed by atoms with Crippen LogP contribution in [0.5, 0.6) is 0 Å². The molecule has 4 heterocycles. The fourth-order valence-electron chi connectivity index (χ4n) is 2.92. The number of aromatic nitrogens is 3. The van der Waals surface area contributed by atoms with Crippen molar-refractivity contribution in [2.24, 2.45) is 0 Å². The van der Waals surface area contributed by atoms with Crippen molar-refractivity contribution in [2.45, 2.75) is 13.0 Å². The van der Waals surface area contributed by atoms with Gasteiger partial charge in [-0.05, 0) is 24.6 Å². The average molecular weight is 272 g/mol. The molecule has 0 atom stereocenters. The van der Waals surface area contributed by atoms with Crippen LogP contribution in [-0.4, -0.2) is 64.8 Å². The summed E-state index contributed by atoms with van der Waals surface area (Å²) in [6, 6.07) is 4.88. The number of fused-ring (bicyclic) bond motifs is 1. The maximum Gasteiger partial charge on any atom is 0.245 e. The molecule has 1 N–H and O–H groups in total. The van der Waals surface area contributed by atoms with E-state index in [1.165, 1.54) is 5.56 Å². The fourth-order valence-corrected chi connectivity index (χ4v) is 2.92. The number of pyridine rings is 1.